The zero-order valence-corrected chi connectivity index (χ0v) is 12.1. The third kappa shape index (κ3) is 3.29. The number of benzene rings is 1. The summed E-state index contributed by atoms with van der Waals surface area (Å²) in [6.07, 6.45) is -1.13. The number of carbonyl (C=O) groups is 1. The number of aliphatic hydroxyl groups excluding tert-OH is 1. The van der Waals surface area contributed by atoms with Crippen molar-refractivity contribution >= 4 is 6.09 Å². The Morgan fingerprint density at radius 1 is 1.40 bits per heavy atom. The molecule has 0 radical (unpaired) electrons. The highest BCUT2D eigenvalue weighted by Crippen LogP contribution is 2.31. The number of nitrogens with zero attached hydrogens (tertiary/aromatic N) is 1. The maximum atomic E-state index is 12.3. The van der Waals surface area contributed by atoms with E-state index in [-0.39, 0.29) is 12.6 Å². The quantitative estimate of drug-likeness (QED) is 0.902. The highest BCUT2D eigenvalue weighted by atomic mass is 16.6. The molecule has 1 heterocycles. The maximum Gasteiger partial charge on any atom is 0.413 e. The summed E-state index contributed by atoms with van der Waals surface area (Å²) < 4.78 is 10.9. The summed E-state index contributed by atoms with van der Waals surface area (Å²) in [7, 11) is 0. The first kappa shape index (κ1) is 14.8. The number of rotatable bonds is 2. The van der Waals surface area contributed by atoms with Crippen molar-refractivity contribution in [1.82, 2.24) is 4.90 Å². The Morgan fingerprint density at radius 3 is 2.60 bits per heavy atom. The normalized spacial score (nSPS) is 22.9. The fraction of sp³-hybridized carbons (Fsp3) is 0.533. The van der Waals surface area contributed by atoms with Crippen LogP contribution < -0.4 is 0 Å². The van der Waals surface area contributed by atoms with Gasteiger partial charge in [-0.25, -0.2) is 4.79 Å². The SMILES string of the molecule is CC(C)(C)OC(=O)N1C(CO)OC[C@@H]1c1ccccc1. The van der Waals surface area contributed by atoms with Crippen molar-refractivity contribution in [3.8, 4) is 0 Å². The Balaban J connectivity index is 2.22. The Hall–Kier alpha value is -1.59. The van der Waals surface area contributed by atoms with Gasteiger partial charge in [-0.2, -0.15) is 0 Å². The molecular formula is C15H21NO4. The summed E-state index contributed by atoms with van der Waals surface area (Å²) in [5, 5.41) is 9.37. The van der Waals surface area contributed by atoms with Crippen LogP contribution in [0.25, 0.3) is 0 Å². The summed E-state index contributed by atoms with van der Waals surface area (Å²) in [4.78, 5) is 13.8. The molecule has 5 heteroatoms. The molecule has 1 aromatic carbocycles. The minimum atomic E-state index is -0.657. The molecule has 1 amide bonds. The highest BCUT2D eigenvalue weighted by molar-refractivity contribution is 5.69. The van der Waals surface area contributed by atoms with Crippen LogP contribution in [0.4, 0.5) is 4.79 Å². The molecule has 0 aromatic heterocycles. The van der Waals surface area contributed by atoms with Crippen LogP contribution in [-0.4, -0.2) is 41.1 Å². The van der Waals surface area contributed by atoms with Gasteiger partial charge in [0.15, 0.2) is 6.23 Å². The third-order valence-corrected chi connectivity index (χ3v) is 3.04. The zero-order valence-electron chi connectivity index (χ0n) is 12.1. The fourth-order valence-corrected chi connectivity index (χ4v) is 2.20. The minimum Gasteiger partial charge on any atom is -0.444 e. The summed E-state index contributed by atoms with van der Waals surface area (Å²) >= 11 is 0. The summed E-state index contributed by atoms with van der Waals surface area (Å²) in [5.74, 6) is 0. The van der Waals surface area contributed by atoms with Crippen LogP contribution in [0.2, 0.25) is 0 Å². The molecule has 2 rings (SSSR count). The molecule has 1 aliphatic heterocycles. The Morgan fingerprint density at radius 2 is 2.05 bits per heavy atom. The molecule has 1 unspecified atom stereocenters. The standard InChI is InChI=1S/C15H21NO4/c1-15(2,3)20-14(18)16-12(10-19-13(16)9-17)11-7-5-4-6-8-11/h4-8,12-13,17H,9-10H2,1-3H3/t12-,13?/m1/s1. The van der Waals surface area contributed by atoms with Gasteiger partial charge in [-0.05, 0) is 26.3 Å². The van der Waals surface area contributed by atoms with Gasteiger partial charge in [-0.15, -0.1) is 0 Å². The smallest absolute Gasteiger partial charge is 0.413 e. The van der Waals surface area contributed by atoms with E-state index in [4.69, 9.17) is 9.47 Å². The van der Waals surface area contributed by atoms with Crippen molar-refractivity contribution in [3.05, 3.63) is 35.9 Å². The maximum absolute atomic E-state index is 12.3. The molecule has 1 saturated heterocycles. The van der Waals surface area contributed by atoms with Gasteiger partial charge in [-0.3, -0.25) is 4.90 Å². The van der Waals surface area contributed by atoms with Gasteiger partial charge >= 0.3 is 6.09 Å². The van der Waals surface area contributed by atoms with Gasteiger partial charge in [0.05, 0.1) is 19.3 Å². The first-order valence-electron chi connectivity index (χ1n) is 6.71. The van der Waals surface area contributed by atoms with Gasteiger partial charge in [0.25, 0.3) is 0 Å². The molecule has 110 valence electrons. The van der Waals surface area contributed by atoms with Crippen molar-refractivity contribution in [2.45, 2.75) is 38.6 Å². The van der Waals surface area contributed by atoms with Crippen molar-refractivity contribution in [2.75, 3.05) is 13.2 Å². The second-order valence-electron chi connectivity index (χ2n) is 5.78. The lowest BCUT2D eigenvalue weighted by molar-refractivity contribution is -0.0335. The molecule has 0 aliphatic carbocycles. The first-order valence-corrected chi connectivity index (χ1v) is 6.71. The summed E-state index contributed by atoms with van der Waals surface area (Å²) in [5.41, 5.74) is 0.385. The number of carbonyl (C=O) groups excluding carboxylic acids is 1. The van der Waals surface area contributed by atoms with Crippen molar-refractivity contribution < 1.29 is 19.4 Å². The first-order chi connectivity index (χ1) is 9.42. The second kappa shape index (κ2) is 5.81. The predicted octanol–water partition coefficient (Wildman–Crippen LogP) is 2.31. The molecule has 20 heavy (non-hydrogen) atoms. The number of hydrogen-bond acceptors (Lipinski definition) is 4. The topological polar surface area (TPSA) is 59.0 Å². The van der Waals surface area contributed by atoms with Gasteiger partial charge in [0.2, 0.25) is 0 Å². The number of ether oxygens (including phenoxy) is 2. The van der Waals surface area contributed by atoms with E-state index < -0.39 is 17.9 Å². The second-order valence-corrected chi connectivity index (χ2v) is 5.78. The van der Waals surface area contributed by atoms with Crippen LogP contribution >= 0.6 is 0 Å². The third-order valence-electron chi connectivity index (χ3n) is 3.04. The van der Waals surface area contributed by atoms with E-state index in [2.05, 4.69) is 0 Å². The van der Waals surface area contributed by atoms with Crippen LogP contribution in [0.3, 0.4) is 0 Å². The lowest BCUT2D eigenvalue weighted by Crippen LogP contribution is -2.43. The largest absolute Gasteiger partial charge is 0.444 e. The molecule has 1 N–H and O–H groups in total. The van der Waals surface area contributed by atoms with Gasteiger partial charge < -0.3 is 14.6 Å². The highest BCUT2D eigenvalue weighted by Gasteiger charge is 2.40. The van der Waals surface area contributed by atoms with E-state index in [1.165, 1.54) is 4.90 Å². The van der Waals surface area contributed by atoms with Crippen LogP contribution in [0, 0.1) is 0 Å². The number of aliphatic hydroxyl groups is 1. The predicted molar refractivity (Wildman–Crippen MR) is 74.1 cm³/mol. The van der Waals surface area contributed by atoms with E-state index in [0.717, 1.165) is 5.56 Å². The molecule has 1 aromatic rings. The Bertz CT molecular complexity index is 455. The van der Waals surface area contributed by atoms with Crippen LogP contribution in [0.15, 0.2) is 30.3 Å². The average Bonchev–Trinajstić information content (AvgIpc) is 2.81. The fourth-order valence-electron chi connectivity index (χ4n) is 2.20. The van der Waals surface area contributed by atoms with Crippen LogP contribution in [0.1, 0.15) is 32.4 Å². The molecule has 5 nitrogen and oxygen atoms in total. The molecule has 1 aliphatic rings. The number of amides is 1. The van der Waals surface area contributed by atoms with Crippen molar-refractivity contribution in [3.63, 3.8) is 0 Å². The van der Waals surface area contributed by atoms with E-state index in [1.54, 1.807) is 0 Å². The monoisotopic (exact) mass is 279 g/mol. The van der Waals surface area contributed by atoms with Crippen LogP contribution in [-0.2, 0) is 9.47 Å². The molecule has 1 fully saturated rings. The molecule has 0 spiro atoms. The minimum absolute atomic E-state index is 0.233. The zero-order chi connectivity index (χ0) is 14.8. The average molecular weight is 279 g/mol. The Labute approximate surface area is 119 Å². The summed E-state index contributed by atoms with van der Waals surface area (Å²) in [6, 6.07) is 9.38. The van der Waals surface area contributed by atoms with Crippen molar-refractivity contribution in [2.24, 2.45) is 0 Å². The lowest BCUT2D eigenvalue weighted by atomic mass is 10.1. The Kier molecular flexibility index (Phi) is 4.30. The van der Waals surface area contributed by atoms with Gasteiger partial charge in [0, 0.05) is 0 Å². The molecule has 0 saturated carbocycles. The number of hydrogen-bond donors (Lipinski definition) is 1. The van der Waals surface area contributed by atoms with E-state index in [0.29, 0.717) is 6.61 Å². The van der Waals surface area contributed by atoms with Gasteiger partial charge in [0.1, 0.15) is 5.60 Å². The van der Waals surface area contributed by atoms with E-state index >= 15 is 0 Å². The van der Waals surface area contributed by atoms with Gasteiger partial charge in [-0.1, -0.05) is 30.3 Å². The molecule has 0 bridgehead atoms. The van der Waals surface area contributed by atoms with E-state index in [1.807, 2.05) is 51.1 Å². The molecule has 2 atom stereocenters. The molecular weight excluding hydrogens is 258 g/mol. The summed E-state index contributed by atoms with van der Waals surface area (Å²) in [6.45, 7) is 5.55. The van der Waals surface area contributed by atoms with Crippen molar-refractivity contribution in [1.29, 1.82) is 0 Å². The van der Waals surface area contributed by atoms with Crippen LogP contribution in [0.5, 0.6) is 0 Å². The van der Waals surface area contributed by atoms with E-state index in [9.17, 15) is 9.90 Å². The lowest BCUT2D eigenvalue weighted by Gasteiger charge is -2.30.